The van der Waals surface area contributed by atoms with Crippen LogP contribution in [0.4, 0.5) is 0 Å². The van der Waals surface area contributed by atoms with Crippen LogP contribution in [-0.2, 0) is 24.4 Å². The van der Waals surface area contributed by atoms with Crippen molar-refractivity contribution in [2.75, 3.05) is 0 Å². The van der Waals surface area contributed by atoms with Crippen LogP contribution in [0, 0.1) is 13.8 Å². The minimum Gasteiger partial charge on any atom is -0.483 e. The molecule has 0 amide bonds. The Kier molecular flexibility index (Phi) is 6.25. The van der Waals surface area contributed by atoms with Crippen molar-refractivity contribution in [2.24, 2.45) is 0 Å². The molecule has 1 heterocycles. The van der Waals surface area contributed by atoms with E-state index in [2.05, 4.69) is 0 Å². The van der Waals surface area contributed by atoms with Crippen molar-refractivity contribution in [1.82, 2.24) is 0 Å². The number of benzene rings is 2. The maximum absolute atomic E-state index is 12.6. The van der Waals surface area contributed by atoms with Gasteiger partial charge < -0.3 is 4.74 Å². The molecule has 3 nitrogen and oxygen atoms in total. The summed E-state index contributed by atoms with van der Waals surface area (Å²) in [5.74, 6) is 0.794. The number of aryl methyl sites for hydroxylation is 2. The van der Waals surface area contributed by atoms with Crippen molar-refractivity contribution in [3.63, 3.8) is 0 Å². The fraction of sp³-hybridized carbons (Fsp3) is 0.217. The molecule has 2 aromatic carbocycles. The number of hydrogen-bond donors (Lipinski definition) is 0. The molecule has 3 rings (SSSR count). The van der Waals surface area contributed by atoms with E-state index in [1.165, 1.54) is 0 Å². The van der Waals surface area contributed by atoms with Gasteiger partial charge in [0.15, 0.2) is 5.75 Å². The average molecular weight is 381 g/mol. The summed E-state index contributed by atoms with van der Waals surface area (Å²) < 4.78 is 7.57. The first-order chi connectivity index (χ1) is 13.0. The molecule has 27 heavy (non-hydrogen) atoms. The molecule has 3 aromatic rings. The SMILES string of the molecule is Cc1cccc(C)c1CC(=O)C[n+]1cc(OCc2ccccc2)ccc1Cl. The van der Waals surface area contributed by atoms with E-state index in [1.807, 2.05) is 68.4 Å². The van der Waals surface area contributed by atoms with Gasteiger partial charge >= 0.3 is 0 Å². The van der Waals surface area contributed by atoms with E-state index in [-0.39, 0.29) is 12.3 Å². The highest BCUT2D eigenvalue weighted by molar-refractivity contribution is 6.28. The lowest BCUT2D eigenvalue weighted by Crippen LogP contribution is -2.39. The number of carbonyl (C=O) groups excluding carboxylic acids is 1. The summed E-state index contributed by atoms with van der Waals surface area (Å²) in [6.45, 7) is 4.76. The number of nitrogens with zero attached hydrogens (tertiary/aromatic N) is 1. The molecule has 0 saturated carbocycles. The summed E-state index contributed by atoms with van der Waals surface area (Å²) >= 11 is 6.28. The second-order valence-corrected chi connectivity index (χ2v) is 7.06. The van der Waals surface area contributed by atoms with Gasteiger partial charge in [0.05, 0.1) is 0 Å². The standard InChI is InChI=1S/C23H23ClNO2/c1-17-7-6-8-18(2)22(17)13-20(26)14-25-15-21(11-12-23(25)24)27-16-19-9-4-3-5-10-19/h3-12,15H,13-14,16H2,1-2H3/q+1. The molecule has 0 aliphatic heterocycles. The molecule has 4 heteroatoms. The first kappa shape index (κ1) is 19.1. The van der Waals surface area contributed by atoms with Gasteiger partial charge in [0.2, 0.25) is 18.5 Å². The maximum Gasteiger partial charge on any atom is 0.275 e. The van der Waals surface area contributed by atoms with E-state index in [0.29, 0.717) is 23.9 Å². The van der Waals surface area contributed by atoms with E-state index >= 15 is 0 Å². The van der Waals surface area contributed by atoms with Crippen molar-refractivity contribution >= 4 is 17.4 Å². The quantitative estimate of drug-likeness (QED) is 0.441. The summed E-state index contributed by atoms with van der Waals surface area (Å²) in [4.78, 5) is 12.6. The lowest BCUT2D eigenvalue weighted by Gasteiger charge is -2.09. The van der Waals surface area contributed by atoms with Gasteiger partial charge in [-0.25, -0.2) is 0 Å². The summed E-state index contributed by atoms with van der Waals surface area (Å²) in [5.41, 5.74) is 4.46. The highest BCUT2D eigenvalue weighted by Gasteiger charge is 2.17. The van der Waals surface area contributed by atoms with Gasteiger partial charge in [-0.3, -0.25) is 4.79 Å². The van der Waals surface area contributed by atoms with E-state index in [4.69, 9.17) is 16.3 Å². The van der Waals surface area contributed by atoms with Crippen molar-refractivity contribution in [3.05, 3.63) is 94.3 Å². The van der Waals surface area contributed by atoms with Gasteiger partial charge in [-0.05, 0) is 53.8 Å². The molecule has 0 atom stereocenters. The zero-order valence-corrected chi connectivity index (χ0v) is 16.4. The van der Waals surface area contributed by atoms with Crippen molar-refractivity contribution in [2.45, 2.75) is 33.4 Å². The zero-order valence-electron chi connectivity index (χ0n) is 15.6. The minimum absolute atomic E-state index is 0.111. The van der Waals surface area contributed by atoms with Crippen LogP contribution in [0.3, 0.4) is 0 Å². The molecule has 0 aliphatic rings. The molecule has 0 bridgehead atoms. The van der Waals surface area contributed by atoms with Crippen molar-refractivity contribution in [3.8, 4) is 5.75 Å². The number of ether oxygens (including phenoxy) is 1. The highest BCUT2D eigenvalue weighted by atomic mass is 35.5. The van der Waals surface area contributed by atoms with Gasteiger partial charge in [0, 0.05) is 12.5 Å². The number of hydrogen-bond acceptors (Lipinski definition) is 2. The minimum atomic E-state index is 0.111. The first-order valence-corrected chi connectivity index (χ1v) is 9.33. The Morgan fingerprint density at radius 1 is 0.963 bits per heavy atom. The normalized spacial score (nSPS) is 10.6. The molecule has 0 N–H and O–H groups in total. The van der Waals surface area contributed by atoms with Crippen LogP contribution in [0.1, 0.15) is 22.3 Å². The molecular weight excluding hydrogens is 358 g/mol. The number of rotatable bonds is 7. The maximum atomic E-state index is 12.6. The topological polar surface area (TPSA) is 30.2 Å². The number of halogens is 1. The molecule has 1 aromatic heterocycles. The summed E-state index contributed by atoms with van der Waals surface area (Å²) in [5, 5.41) is 0.511. The molecule has 0 aliphatic carbocycles. The van der Waals surface area contributed by atoms with Crippen LogP contribution in [0.2, 0.25) is 5.15 Å². The summed E-state index contributed by atoms with van der Waals surface area (Å²) in [6.07, 6.45) is 2.19. The Morgan fingerprint density at radius 3 is 2.37 bits per heavy atom. The van der Waals surface area contributed by atoms with Crippen LogP contribution in [0.25, 0.3) is 0 Å². The Labute approximate surface area is 165 Å². The van der Waals surface area contributed by atoms with Crippen LogP contribution in [0.5, 0.6) is 5.75 Å². The fourth-order valence-corrected chi connectivity index (χ4v) is 3.19. The Bertz CT molecular complexity index is 918. The van der Waals surface area contributed by atoms with Gasteiger partial charge in [0.1, 0.15) is 6.61 Å². The van der Waals surface area contributed by atoms with E-state index < -0.39 is 0 Å². The van der Waals surface area contributed by atoms with Crippen molar-refractivity contribution < 1.29 is 14.1 Å². The number of carbonyl (C=O) groups is 1. The third kappa shape index (κ3) is 5.18. The molecule has 0 unspecified atom stereocenters. The van der Waals surface area contributed by atoms with Crippen LogP contribution in [-0.4, -0.2) is 5.78 Å². The predicted octanol–water partition coefficient (Wildman–Crippen LogP) is 4.64. The van der Waals surface area contributed by atoms with Gasteiger partial charge in [0.25, 0.3) is 5.15 Å². The summed E-state index contributed by atoms with van der Waals surface area (Å²) in [6, 6.07) is 19.6. The number of aromatic nitrogens is 1. The third-order valence-corrected chi connectivity index (χ3v) is 4.90. The Balaban J connectivity index is 1.68. The van der Waals surface area contributed by atoms with Gasteiger partial charge in [-0.2, -0.15) is 4.57 Å². The average Bonchev–Trinajstić information content (AvgIpc) is 2.66. The van der Waals surface area contributed by atoms with E-state index in [0.717, 1.165) is 22.3 Å². The Morgan fingerprint density at radius 2 is 1.67 bits per heavy atom. The molecule has 0 radical (unpaired) electrons. The van der Waals surface area contributed by atoms with Gasteiger partial charge in [-0.15, -0.1) is 0 Å². The lowest BCUT2D eigenvalue weighted by atomic mass is 9.98. The van der Waals surface area contributed by atoms with Crippen molar-refractivity contribution in [1.29, 1.82) is 0 Å². The second kappa shape index (κ2) is 8.83. The first-order valence-electron chi connectivity index (χ1n) is 8.95. The highest BCUT2D eigenvalue weighted by Crippen LogP contribution is 2.16. The predicted molar refractivity (Wildman–Crippen MR) is 107 cm³/mol. The van der Waals surface area contributed by atoms with Crippen LogP contribution < -0.4 is 9.30 Å². The second-order valence-electron chi connectivity index (χ2n) is 6.68. The number of Topliss-reactive ketones (excluding diaryl/α,β-unsaturated/α-hetero) is 1. The van der Waals surface area contributed by atoms with E-state index in [9.17, 15) is 4.79 Å². The monoisotopic (exact) mass is 380 g/mol. The largest absolute Gasteiger partial charge is 0.483 e. The van der Waals surface area contributed by atoms with Crippen LogP contribution >= 0.6 is 11.6 Å². The lowest BCUT2D eigenvalue weighted by molar-refractivity contribution is -0.682. The van der Waals surface area contributed by atoms with Crippen LogP contribution in [0.15, 0.2) is 66.9 Å². The zero-order chi connectivity index (χ0) is 19.2. The number of ketones is 1. The smallest absolute Gasteiger partial charge is 0.275 e. The Hall–Kier alpha value is -2.65. The fourth-order valence-electron chi connectivity index (χ4n) is 3.02. The molecule has 0 fully saturated rings. The van der Waals surface area contributed by atoms with Gasteiger partial charge in [-0.1, -0.05) is 48.5 Å². The molecule has 0 spiro atoms. The third-order valence-electron chi connectivity index (χ3n) is 4.56. The molecule has 138 valence electrons. The van der Waals surface area contributed by atoms with E-state index in [1.54, 1.807) is 16.8 Å². The molecule has 0 saturated heterocycles. The number of pyridine rings is 1. The molecular formula is C23H23ClNO2+. The summed E-state index contributed by atoms with van der Waals surface area (Å²) in [7, 11) is 0.